The lowest BCUT2D eigenvalue weighted by atomic mass is 9.78. The molecule has 3 heterocycles. The highest BCUT2D eigenvalue weighted by atomic mass is 19.4. The molecule has 0 bridgehead atoms. The van der Waals surface area contributed by atoms with E-state index in [-0.39, 0.29) is 5.54 Å². The lowest BCUT2D eigenvalue weighted by Crippen LogP contribution is -2.58. The number of hydrogen-bond acceptors (Lipinski definition) is 8. The number of likely N-dealkylation sites (tertiary alicyclic amines) is 1. The highest BCUT2D eigenvalue weighted by Crippen LogP contribution is 2.41. The van der Waals surface area contributed by atoms with Crippen LogP contribution in [0.25, 0.3) is 0 Å². The molecule has 0 radical (unpaired) electrons. The zero-order valence-corrected chi connectivity index (χ0v) is 34.6. The molecule has 5 rings (SSSR count). The molecular formula is C43H74F3N7O3. The summed E-state index contributed by atoms with van der Waals surface area (Å²) < 4.78 is 31.7. The maximum absolute atomic E-state index is 14.2. The number of piperidine rings is 1. The van der Waals surface area contributed by atoms with Gasteiger partial charge in [-0.1, -0.05) is 64.2 Å². The van der Waals surface area contributed by atoms with Crippen molar-refractivity contribution in [1.29, 1.82) is 0 Å². The Bertz CT molecular complexity index is 1230. The zero-order chi connectivity index (χ0) is 40.2. The van der Waals surface area contributed by atoms with Crippen molar-refractivity contribution in [3.8, 4) is 0 Å². The second-order valence-electron chi connectivity index (χ2n) is 16.9. The van der Waals surface area contributed by atoms with Gasteiger partial charge >= 0.3 is 12.1 Å². The highest BCUT2D eigenvalue weighted by molar-refractivity contribution is 5.93. The van der Waals surface area contributed by atoms with Crippen LogP contribution in [0.4, 0.5) is 18.9 Å². The first-order chi connectivity index (χ1) is 27.0. The molecule has 0 unspecified atom stereocenters. The molecule has 1 saturated carbocycles. The topological polar surface area (TPSA) is 103 Å². The summed E-state index contributed by atoms with van der Waals surface area (Å²) in [7, 11) is 0. The van der Waals surface area contributed by atoms with Crippen LogP contribution in [0.5, 0.6) is 0 Å². The number of rotatable bonds is 13. The standard InChI is InChI=1S/C41H73N7O.C2HF3O2/c1-36(2)37-17-19-38(20-18-37)46-32-21-41(22-33-46)40(49)47(35-48(41)39-15-9-8-10-16-39)31-12-7-5-3-4-6-11-29-45-30-14-25-43-27-26-42-23-13-24-44-28-34-45;3-2(4,5)1(6)7/h8-10,15-16,36-38,42-44H,3-7,11-14,17-35H2,1-2H3;(H,6,7). The maximum Gasteiger partial charge on any atom is 0.490 e. The highest BCUT2D eigenvalue weighted by Gasteiger charge is 2.54. The molecule has 1 aliphatic carbocycles. The van der Waals surface area contributed by atoms with Crippen molar-refractivity contribution in [3.05, 3.63) is 30.3 Å². The first kappa shape index (κ1) is 46.2. The van der Waals surface area contributed by atoms with Crippen molar-refractivity contribution < 1.29 is 27.9 Å². The van der Waals surface area contributed by atoms with Crippen LogP contribution in [-0.2, 0) is 9.59 Å². The summed E-state index contributed by atoms with van der Waals surface area (Å²) in [6.45, 7) is 18.8. The number of carboxylic acid groups (broad SMARTS) is 1. The molecule has 1 aromatic rings. The van der Waals surface area contributed by atoms with Crippen molar-refractivity contribution in [2.24, 2.45) is 11.8 Å². The Morgan fingerprint density at radius 1 is 0.768 bits per heavy atom. The Morgan fingerprint density at radius 3 is 1.91 bits per heavy atom. The molecule has 1 aromatic carbocycles. The number of carbonyl (C=O) groups excluding carboxylic acids is 1. The van der Waals surface area contributed by atoms with E-state index in [2.05, 4.69) is 79.7 Å². The van der Waals surface area contributed by atoms with Crippen molar-refractivity contribution >= 4 is 17.6 Å². The summed E-state index contributed by atoms with van der Waals surface area (Å²) in [5.74, 6) is -0.648. The van der Waals surface area contributed by atoms with E-state index < -0.39 is 12.1 Å². The number of unbranched alkanes of at least 4 members (excludes halogenated alkanes) is 6. The van der Waals surface area contributed by atoms with Crippen molar-refractivity contribution in [3.63, 3.8) is 0 Å². The van der Waals surface area contributed by atoms with E-state index in [1.165, 1.54) is 102 Å². The number of carbonyl (C=O) groups is 2. The van der Waals surface area contributed by atoms with Crippen LogP contribution in [0.1, 0.15) is 110 Å². The predicted octanol–water partition coefficient (Wildman–Crippen LogP) is 6.57. The van der Waals surface area contributed by atoms with Crippen LogP contribution in [0, 0.1) is 11.8 Å². The van der Waals surface area contributed by atoms with Gasteiger partial charge in [-0.05, 0) is 121 Å². The Hall–Kier alpha value is -2.45. The summed E-state index contributed by atoms with van der Waals surface area (Å²) in [6, 6.07) is 11.5. The number of para-hydroxylation sites is 1. The molecule has 4 N–H and O–H groups in total. The number of benzene rings is 1. The van der Waals surface area contributed by atoms with Crippen LogP contribution in [-0.4, -0.2) is 135 Å². The molecule has 1 spiro atoms. The van der Waals surface area contributed by atoms with Crippen molar-refractivity contribution in [2.45, 2.75) is 128 Å². The Kier molecular flexibility index (Phi) is 20.2. The second kappa shape index (κ2) is 24.5. The third-order valence-electron chi connectivity index (χ3n) is 12.7. The number of halogens is 3. The molecule has 0 aromatic heterocycles. The summed E-state index contributed by atoms with van der Waals surface area (Å²) in [6.07, 6.45) is 13.7. The Labute approximate surface area is 335 Å². The smallest absolute Gasteiger partial charge is 0.475 e. The monoisotopic (exact) mass is 794 g/mol. The molecule has 0 atom stereocenters. The number of carboxylic acids is 1. The van der Waals surface area contributed by atoms with Gasteiger partial charge in [0.25, 0.3) is 0 Å². The largest absolute Gasteiger partial charge is 0.490 e. The third-order valence-corrected chi connectivity index (χ3v) is 12.7. The number of alkyl halides is 3. The first-order valence-electron chi connectivity index (χ1n) is 22.0. The van der Waals surface area contributed by atoms with Gasteiger partial charge in [0.2, 0.25) is 5.91 Å². The van der Waals surface area contributed by atoms with Gasteiger partial charge < -0.3 is 40.7 Å². The maximum atomic E-state index is 14.2. The van der Waals surface area contributed by atoms with Crippen molar-refractivity contribution in [1.82, 2.24) is 30.7 Å². The summed E-state index contributed by atoms with van der Waals surface area (Å²) in [5.41, 5.74) is 0.854. The molecule has 3 aliphatic heterocycles. The fraction of sp³-hybridized carbons (Fsp3) is 0.814. The first-order valence-corrected chi connectivity index (χ1v) is 22.0. The minimum absolute atomic E-state index is 0.362. The van der Waals surface area contributed by atoms with Crippen LogP contribution in [0.2, 0.25) is 0 Å². The predicted molar refractivity (Wildman–Crippen MR) is 220 cm³/mol. The van der Waals surface area contributed by atoms with Crippen LogP contribution in [0.15, 0.2) is 30.3 Å². The number of nitrogens with zero attached hydrogens (tertiary/aromatic N) is 4. The SMILES string of the molecule is CC(C)C1CCC(N2CCC3(CC2)C(=O)N(CCCCCCCCCN2CCCNCCNCCCNCC2)CN3c2ccccc2)CC1.O=C(O)C(F)(F)F. The van der Waals surface area contributed by atoms with Crippen molar-refractivity contribution in [2.75, 3.05) is 90.1 Å². The number of amides is 1. The number of anilines is 1. The average molecular weight is 794 g/mol. The lowest BCUT2D eigenvalue weighted by Gasteiger charge is -2.47. The van der Waals surface area contributed by atoms with Crippen LogP contribution in [0.3, 0.4) is 0 Å². The van der Waals surface area contributed by atoms with E-state index in [1.54, 1.807) is 0 Å². The van der Waals surface area contributed by atoms with Gasteiger partial charge in [-0.2, -0.15) is 13.2 Å². The minimum Gasteiger partial charge on any atom is -0.475 e. The number of hydrogen-bond donors (Lipinski definition) is 4. The van der Waals surface area contributed by atoms with E-state index in [4.69, 9.17) is 9.90 Å². The molecule has 1 amide bonds. The molecule has 56 heavy (non-hydrogen) atoms. The van der Waals surface area contributed by atoms with E-state index in [0.29, 0.717) is 5.91 Å². The lowest BCUT2D eigenvalue weighted by molar-refractivity contribution is -0.192. The van der Waals surface area contributed by atoms with Gasteiger partial charge in [0.1, 0.15) is 5.54 Å². The van der Waals surface area contributed by atoms with Gasteiger partial charge in [0.15, 0.2) is 0 Å². The van der Waals surface area contributed by atoms with E-state index in [9.17, 15) is 18.0 Å². The van der Waals surface area contributed by atoms with Crippen LogP contribution >= 0.6 is 0 Å². The van der Waals surface area contributed by atoms with Gasteiger partial charge in [0.05, 0.1) is 6.67 Å². The summed E-state index contributed by atoms with van der Waals surface area (Å²) in [5, 5.41) is 17.9. The summed E-state index contributed by atoms with van der Waals surface area (Å²) >= 11 is 0. The van der Waals surface area contributed by atoms with E-state index in [1.807, 2.05) is 0 Å². The fourth-order valence-electron chi connectivity index (χ4n) is 9.18. The van der Waals surface area contributed by atoms with Gasteiger partial charge in [0, 0.05) is 57.5 Å². The Morgan fingerprint density at radius 2 is 1.32 bits per heavy atom. The quantitative estimate of drug-likeness (QED) is 0.165. The molecule has 13 heteroatoms. The molecule has 320 valence electrons. The zero-order valence-electron chi connectivity index (χ0n) is 34.6. The van der Waals surface area contributed by atoms with E-state index in [0.717, 1.165) is 103 Å². The molecule has 4 aliphatic rings. The molecule has 4 fully saturated rings. The third kappa shape index (κ3) is 15.1. The minimum atomic E-state index is -5.08. The molecular weight excluding hydrogens is 720 g/mol. The van der Waals surface area contributed by atoms with Crippen LogP contribution < -0.4 is 20.9 Å². The summed E-state index contributed by atoms with van der Waals surface area (Å²) in [4.78, 5) is 33.2. The molecule has 10 nitrogen and oxygen atoms in total. The number of nitrogens with one attached hydrogen (secondary N) is 3. The van der Waals surface area contributed by atoms with Gasteiger partial charge in [-0.3, -0.25) is 4.79 Å². The van der Waals surface area contributed by atoms with Gasteiger partial charge in [-0.25, -0.2) is 4.79 Å². The van der Waals surface area contributed by atoms with Gasteiger partial charge in [-0.15, -0.1) is 0 Å². The number of aliphatic carboxylic acids is 1. The fourth-order valence-corrected chi connectivity index (χ4v) is 9.18. The normalized spacial score (nSPS) is 23.9. The molecule has 3 saturated heterocycles. The average Bonchev–Trinajstić information content (AvgIpc) is 3.45. The second-order valence-corrected chi connectivity index (χ2v) is 16.9. The Balaban J connectivity index is 0.000000908. The van der Waals surface area contributed by atoms with E-state index >= 15 is 0 Å².